The average molecular weight is 113 g/mol. The van der Waals surface area contributed by atoms with Gasteiger partial charge < -0.3 is 4.90 Å². The molecular weight excluding hydrogens is 102 g/mol. The number of carbonyl (C=O) groups is 1. The largest absolute Gasteiger partial charge is 0.343 e. The molecule has 0 radical (unpaired) electrons. The van der Waals surface area contributed by atoms with Crippen molar-refractivity contribution in [1.82, 2.24) is 4.90 Å². The highest BCUT2D eigenvalue weighted by molar-refractivity contribution is 5.48. The van der Waals surface area contributed by atoms with Crippen LogP contribution in [-0.4, -0.2) is 23.9 Å². The van der Waals surface area contributed by atoms with Gasteiger partial charge in [0.15, 0.2) is 0 Å². The van der Waals surface area contributed by atoms with Gasteiger partial charge in [-0.25, -0.2) is 0 Å². The summed E-state index contributed by atoms with van der Waals surface area (Å²) in [6.45, 7) is 3.05. The Morgan fingerprint density at radius 1 is 1.75 bits per heavy atom. The van der Waals surface area contributed by atoms with Crippen LogP contribution in [0.5, 0.6) is 0 Å². The second kappa shape index (κ2) is 2.16. The van der Waals surface area contributed by atoms with Crippen molar-refractivity contribution in [1.29, 1.82) is 0 Å². The van der Waals surface area contributed by atoms with E-state index in [0.29, 0.717) is 6.04 Å². The van der Waals surface area contributed by atoms with Crippen molar-refractivity contribution in [3.05, 3.63) is 0 Å². The second-order valence-corrected chi connectivity index (χ2v) is 2.33. The topological polar surface area (TPSA) is 20.3 Å². The molecule has 0 N–H and O–H groups in total. The Labute approximate surface area is 49.5 Å². The number of nitrogens with zero attached hydrogens (tertiary/aromatic N) is 1. The van der Waals surface area contributed by atoms with Gasteiger partial charge in [0.05, 0.1) is 0 Å². The quantitative estimate of drug-likeness (QED) is 0.457. The third-order valence-corrected chi connectivity index (χ3v) is 1.74. The van der Waals surface area contributed by atoms with Crippen molar-refractivity contribution in [3.63, 3.8) is 0 Å². The smallest absolute Gasteiger partial charge is 0.209 e. The van der Waals surface area contributed by atoms with Crippen LogP contribution >= 0.6 is 0 Å². The van der Waals surface area contributed by atoms with Gasteiger partial charge in [0.2, 0.25) is 6.41 Å². The summed E-state index contributed by atoms with van der Waals surface area (Å²) in [5.74, 6) is 0. The van der Waals surface area contributed by atoms with Crippen LogP contribution in [0.3, 0.4) is 0 Å². The lowest BCUT2D eigenvalue weighted by atomic mass is 10.2. The molecule has 46 valence electrons. The molecule has 0 unspecified atom stereocenters. The van der Waals surface area contributed by atoms with Crippen molar-refractivity contribution in [3.8, 4) is 0 Å². The Bertz CT molecular complexity index is 92.5. The highest BCUT2D eigenvalue weighted by Gasteiger charge is 2.16. The first kappa shape index (κ1) is 5.60. The standard InChI is InChI=1S/C6H11NO/c1-6-3-2-4-7(6)5-8/h5-6H,2-4H2,1H3/t6-/m0/s1. The van der Waals surface area contributed by atoms with Crippen molar-refractivity contribution < 1.29 is 4.79 Å². The van der Waals surface area contributed by atoms with E-state index in [9.17, 15) is 4.79 Å². The maximum atomic E-state index is 10.1. The van der Waals surface area contributed by atoms with Gasteiger partial charge in [-0.2, -0.15) is 0 Å². The van der Waals surface area contributed by atoms with Crippen LogP contribution < -0.4 is 0 Å². The van der Waals surface area contributed by atoms with Crippen molar-refractivity contribution in [2.45, 2.75) is 25.8 Å². The first-order valence-electron chi connectivity index (χ1n) is 3.05. The van der Waals surface area contributed by atoms with E-state index in [1.807, 2.05) is 4.90 Å². The molecule has 1 heterocycles. The summed E-state index contributed by atoms with van der Waals surface area (Å²) in [7, 11) is 0. The Hall–Kier alpha value is -0.530. The number of hydrogen-bond donors (Lipinski definition) is 0. The van der Waals surface area contributed by atoms with Crippen LogP contribution in [0.25, 0.3) is 0 Å². The van der Waals surface area contributed by atoms with Crippen LogP contribution in [0, 0.1) is 0 Å². The minimum Gasteiger partial charge on any atom is -0.343 e. The van der Waals surface area contributed by atoms with Gasteiger partial charge in [0, 0.05) is 12.6 Å². The van der Waals surface area contributed by atoms with Crippen LogP contribution in [0.4, 0.5) is 0 Å². The summed E-state index contributed by atoms with van der Waals surface area (Å²) >= 11 is 0. The fourth-order valence-corrected chi connectivity index (χ4v) is 1.11. The van der Waals surface area contributed by atoms with E-state index in [-0.39, 0.29) is 0 Å². The highest BCUT2D eigenvalue weighted by Crippen LogP contribution is 2.12. The lowest BCUT2D eigenvalue weighted by Crippen LogP contribution is -2.24. The van der Waals surface area contributed by atoms with E-state index in [1.165, 1.54) is 12.8 Å². The molecule has 0 aromatic rings. The van der Waals surface area contributed by atoms with Crippen molar-refractivity contribution in [2.75, 3.05) is 6.54 Å². The lowest BCUT2D eigenvalue weighted by Gasteiger charge is -2.13. The van der Waals surface area contributed by atoms with Gasteiger partial charge in [0.1, 0.15) is 0 Å². The summed E-state index contributed by atoms with van der Waals surface area (Å²) in [6.07, 6.45) is 3.30. The monoisotopic (exact) mass is 113 g/mol. The number of likely N-dealkylation sites (tertiary alicyclic amines) is 1. The maximum Gasteiger partial charge on any atom is 0.209 e. The van der Waals surface area contributed by atoms with E-state index in [4.69, 9.17) is 0 Å². The summed E-state index contributed by atoms with van der Waals surface area (Å²) in [5.41, 5.74) is 0. The van der Waals surface area contributed by atoms with Crippen LogP contribution in [0.2, 0.25) is 0 Å². The Balaban J connectivity index is 2.41. The van der Waals surface area contributed by atoms with E-state index in [2.05, 4.69) is 6.92 Å². The van der Waals surface area contributed by atoms with Crippen molar-refractivity contribution in [2.24, 2.45) is 0 Å². The maximum absolute atomic E-state index is 10.1. The molecule has 2 heteroatoms. The molecule has 1 fully saturated rings. The van der Waals surface area contributed by atoms with Crippen molar-refractivity contribution >= 4 is 6.41 Å². The minimum absolute atomic E-state index is 0.493. The van der Waals surface area contributed by atoms with E-state index >= 15 is 0 Å². The molecule has 0 saturated carbocycles. The molecule has 0 spiro atoms. The third kappa shape index (κ3) is 0.831. The number of carbonyl (C=O) groups excluding carboxylic acids is 1. The highest BCUT2D eigenvalue weighted by atomic mass is 16.1. The molecular formula is C6H11NO. The molecule has 8 heavy (non-hydrogen) atoms. The molecule has 0 aliphatic carbocycles. The van der Waals surface area contributed by atoms with Gasteiger partial charge in [-0.15, -0.1) is 0 Å². The number of hydrogen-bond acceptors (Lipinski definition) is 1. The Morgan fingerprint density at radius 3 is 2.75 bits per heavy atom. The van der Waals surface area contributed by atoms with Gasteiger partial charge in [0.25, 0.3) is 0 Å². The first-order valence-corrected chi connectivity index (χ1v) is 3.05. The normalized spacial score (nSPS) is 28.6. The summed E-state index contributed by atoms with van der Waals surface area (Å²) in [6, 6.07) is 0.493. The van der Waals surface area contributed by atoms with Gasteiger partial charge in [-0.1, -0.05) is 0 Å². The molecule has 1 rings (SSSR count). The van der Waals surface area contributed by atoms with Crippen LogP contribution in [-0.2, 0) is 4.79 Å². The molecule has 0 bridgehead atoms. The number of rotatable bonds is 1. The predicted octanol–water partition coefficient (Wildman–Crippen LogP) is 0.627. The van der Waals surface area contributed by atoms with E-state index in [0.717, 1.165) is 13.0 Å². The zero-order valence-corrected chi connectivity index (χ0v) is 5.13. The van der Waals surface area contributed by atoms with Crippen LogP contribution in [0.1, 0.15) is 19.8 Å². The zero-order chi connectivity index (χ0) is 5.98. The Kier molecular flexibility index (Phi) is 1.51. The third-order valence-electron chi connectivity index (χ3n) is 1.74. The first-order chi connectivity index (χ1) is 3.84. The molecule has 1 saturated heterocycles. The summed E-state index contributed by atoms with van der Waals surface area (Å²) in [4.78, 5) is 12.0. The molecule has 1 aliphatic heterocycles. The molecule has 2 nitrogen and oxygen atoms in total. The zero-order valence-electron chi connectivity index (χ0n) is 5.13. The predicted molar refractivity (Wildman–Crippen MR) is 31.5 cm³/mol. The van der Waals surface area contributed by atoms with Crippen LogP contribution in [0.15, 0.2) is 0 Å². The van der Waals surface area contributed by atoms with Gasteiger partial charge >= 0.3 is 0 Å². The SMILES string of the molecule is C[C@H]1CCCN1C=O. The fraction of sp³-hybridized carbons (Fsp3) is 0.833. The molecule has 1 amide bonds. The lowest BCUT2D eigenvalue weighted by molar-refractivity contribution is -0.118. The molecule has 1 atom stereocenters. The average Bonchev–Trinajstić information content (AvgIpc) is 2.14. The van der Waals surface area contributed by atoms with E-state index in [1.54, 1.807) is 0 Å². The summed E-state index contributed by atoms with van der Waals surface area (Å²) < 4.78 is 0. The second-order valence-electron chi connectivity index (χ2n) is 2.33. The Morgan fingerprint density at radius 2 is 2.50 bits per heavy atom. The summed E-state index contributed by atoms with van der Waals surface area (Å²) in [5, 5.41) is 0. The van der Waals surface area contributed by atoms with Gasteiger partial charge in [-0.3, -0.25) is 4.79 Å². The molecule has 0 aromatic heterocycles. The molecule has 0 aromatic carbocycles. The molecule has 1 aliphatic rings. The van der Waals surface area contributed by atoms with E-state index < -0.39 is 0 Å². The van der Waals surface area contributed by atoms with Gasteiger partial charge in [-0.05, 0) is 19.8 Å². The minimum atomic E-state index is 0.493. The number of amides is 1. The fourth-order valence-electron chi connectivity index (χ4n) is 1.11.